The summed E-state index contributed by atoms with van der Waals surface area (Å²) in [7, 11) is 3.27. The molecule has 2 bridgehead atoms. The van der Waals surface area contributed by atoms with Gasteiger partial charge in [-0.2, -0.15) is 0 Å². The highest BCUT2D eigenvalue weighted by molar-refractivity contribution is 7.80. The third-order valence-electron chi connectivity index (χ3n) is 7.99. The van der Waals surface area contributed by atoms with Gasteiger partial charge in [0, 0.05) is 58.0 Å². The van der Waals surface area contributed by atoms with Crippen LogP contribution < -0.4 is 15.0 Å². The average molecular weight is 509 g/mol. The van der Waals surface area contributed by atoms with Crippen LogP contribution in [-0.2, 0) is 22.6 Å². The van der Waals surface area contributed by atoms with E-state index in [0.29, 0.717) is 24.6 Å². The van der Waals surface area contributed by atoms with Crippen LogP contribution in [0.4, 0.5) is 0 Å². The average Bonchev–Trinajstić information content (AvgIpc) is 3.34. The molecule has 188 valence electrons. The Labute approximate surface area is 214 Å². The molecule has 0 aliphatic carbocycles. The molecule has 0 radical (unpaired) electrons. The molecule has 0 N–H and O–H groups in total. The first-order chi connectivity index (χ1) is 17.3. The number of rotatable bonds is 4. The number of carbonyl (C=O) groups is 2. The zero-order valence-electron chi connectivity index (χ0n) is 20.3. The molecule has 0 saturated carbocycles. The van der Waals surface area contributed by atoms with Crippen molar-refractivity contribution in [3.63, 3.8) is 0 Å². The van der Waals surface area contributed by atoms with Gasteiger partial charge in [0.25, 0.3) is 5.56 Å². The molecule has 1 aromatic carbocycles. The second kappa shape index (κ2) is 8.41. The topological polar surface area (TPSA) is 84.3 Å². The first kappa shape index (κ1) is 23.2. The number of likely N-dealkylation sites (tertiary alicyclic amines) is 1. The molecule has 10 heteroatoms. The summed E-state index contributed by atoms with van der Waals surface area (Å²) >= 11 is 5.39. The van der Waals surface area contributed by atoms with E-state index >= 15 is 0 Å². The first-order valence-corrected chi connectivity index (χ1v) is 12.6. The fourth-order valence-electron chi connectivity index (χ4n) is 6.38. The zero-order valence-corrected chi connectivity index (χ0v) is 21.1. The van der Waals surface area contributed by atoms with E-state index < -0.39 is 5.41 Å². The van der Waals surface area contributed by atoms with Crippen LogP contribution in [0.15, 0.2) is 41.2 Å². The fourth-order valence-corrected chi connectivity index (χ4v) is 6.55. The molecule has 2 fully saturated rings. The quantitative estimate of drug-likeness (QED) is 0.457. The fraction of sp³-hybridized carbons (Fsp3) is 0.462. The van der Waals surface area contributed by atoms with Crippen LogP contribution in [0, 0.1) is 11.3 Å². The lowest BCUT2D eigenvalue weighted by Gasteiger charge is -2.48. The molecule has 2 saturated heterocycles. The third kappa shape index (κ3) is 3.54. The van der Waals surface area contributed by atoms with Crippen molar-refractivity contribution in [2.24, 2.45) is 11.3 Å². The monoisotopic (exact) mass is 508 g/mol. The van der Waals surface area contributed by atoms with Crippen LogP contribution in [0.3, 0.4) is 0 Å². The molecule has 1 aromatic heterocycles. The maximum absolute atomic E-state index is 13.9. The Morgan fingerprint density at radius 1 is 0.972 bits per heavy atom. The largest absolute Gasteiger partial charge is 0.454 e. The summed E-state index contributed by atoms with van der Waals surface area (Å²) in [6.07, 6.45) is 1.22. The van der Waals surface area contributed by atoms with Crippen molar-refractivity contribution in [1.29, 1.82) is 0 Å². The van der Waals surface area contributed by atoms with Gasteiger partial charge >= 0.3 is 0 Å². The Balaban J connectivity index is 1.35. The lowest BCUT2D eigenvalue weighted by molar-refractivity contribution is -0.157. The predicted octanol–water partition coefficient (Wildman–Crippen LogP) is 1.44. The summed E-state index contributed by atoms with van der Waals surface area (Å²) in [5, 5.41) is 0.204. The van der Waals surface area contributed by atoms with E-state index in [4.69, 9.17) is 21.7 Å². The number of benzene rings is 1. The van der Waals surface area contributed by atoms with E-state index in [0.717, 1.165) is 24.2 Å². The number of hydrogen-bond acceptors (Lipinski definition) is 7. The van der Waals surface area contributed by atoms with Crippen LogP contribution in [0.2, 0.25) is 0 Å². The van der Waals surface area contributed by atoms with E-state index in [-0.39, 0.29) is 54.1 Å². The second-order valence-corrected chi connectivity index (χ2v) is 10.7. The molecule has 2 aromatic rings. The Morgan fingerprint density at radius 2 is 1.72 bits per heavy atom. The Morgan fingerprint density at radius 3 is 2.50 bits per heavy atom. The highest BCUT2D eigenvalue weighted by atomic mass is 32.1. The first-order valence-electron chi connectivity index (χ1n) is 12.2. The summed E-state index contributed by atoms with van der Waals surface area (Å²) in [6.45, 7) is 2.49. The smallest absolute Gasteiger partial charge is 0.250 e. The van der Waals surface area contributed by atoms with Gasteiger partial charge in [0.2, 0.25) is 18.6 Å². The van der Waals surface area contributed by atoms with Crippen LogP contribution in [0.1, 0.15) is 23.6 Å². The van der Waals surface area contributed by atoms with Crippen molar-refractivity contribution < 1.29 is 19.1 Å². The number of aromatic nitrogens is 1. The number of fused-ring (bicyclic) bond motifs is 5. The summed E-state index contributed by atoms with van der Waals surface area (Å²) in [5.41, 5.74) is 0.556. The molecule has 4 aliphatic rings. The lowest BCUT2D eigenvalue weighted by Crippen LogP contribution is -2.67. The number of piperidine rings is 1. The Bertz CT molecular complexity index is 1320. The van der Waals surface area contributed by atoms with E-state index in [2.05, 4.69) is 4.90 Å². The highest BCUT2D eigenvalue weighted by Gasteiger charge is 2.55. The van der Waals surface area contributed by atoms with Crippen LogP contribution in [0.25, 0.3) is 0 Å². The van der Waals surface area contributed by atoms with E-state index in [1.807, 2.05) is 34.9 Å². The van der Waals surface area contributed by atoms with Crippen molar-refractivity contribution in [3.8, 4) is 11.5 Å². The minimum absolute atomic E-state index is 0.0318. The molecular formula is C26H28N4O5S. The third-order valence-corrected chi connectivity index (χ3v) is 8.54. The molecule has 0 spiro atoms. The summed E-state index contributed by atoms with van der Waals surface area (Å²) in [6, 6.07) is 11.0. The predicted molar refractivity (Wildman–Crippen MR) is 135 cm³/mol. The number of pyridine rings is 1. The van der Waals surface area contributed by atoms with Crippen LogP contribution in [-0.4, -0.2) is 76.7 Å². The highest BCUT2D eigenvalue weighted by Crippen LogP contribution is 2.40. The summed E-state index contributed by atoms with van der Waals surface area (Å²) in [4.78, 5) is 45.3. The van der Waals surface area contributed by atoms with Gasteiger partial charge in [-0.15, -0.1) is 0 Å². The van der Waals surface area contributed by atoms with Crippen molar-refractivity contribution in [2.75, 3.05) is 40.5 Å². The number of nitrogens with zero attached hydrogens (tertiary/aromatic N) is 4. The number of amides is 2. The maximum Gasteiger partial charge on any atom is 0.250 e. The van der Waals surface area contributed by atoms with Gasteiger partial charge in [0.05, 0.1) is 0 Å². The minimum atomic E-state index is -1.33. The lowest BCUT2D eigenvalue weighted by atomic mass is 9.75. The molecule has 5 heterocycles. The number of thiocarbonyl (C=S) groups is 1. The SMILES string of the molecule is CN1C(=O)C(Cc2ccc3c(c2)OCO3)(CN2C[C@H]3C[C@H](C2)c2cccc(=O)n2C3)C(=O)N(C)C1=S. The van der Waals surface area contributed by atoms with Gasteiger partial charge in [-0.25, -0.2) is 0 Å². The van der Waals surface area contributed by atoms with Crippen LogP contribution >= 0.6 is 12.2 Å². The Hall–Kier alpha value is -3.24. The van der Waals surface area contributed by atoms with Gasteiger partial charge in [-0.3, -0.25) is 24.2 Å². The van der Waals surface area contributed by atoms with E-state index in [1.165, 1.54) is 9.80 Å². The van der Waals surface area contributed by atoms with Gasteiger partial charge < -0.3 is 18.9 Å². The standard InChI is InChI=1S/C26H28N4O5S/c1-27-23(32)26(24(33)28(2)25(27)36,10-16-6-7-20-21(9-16)35-15-34-20)14-29-11-17-8-18(13-29)19-4-3-5-22(31)30(19)12-17/h3-7,9,17-18H,8,10-15H2,1-2H3/t17-,18-/m1/s1. The molecule has 36 heavy (non-hydrogen) atoms. The van der Waals surface area contributed by atoms with Gasteiger partial charge in [-0.1, -0.05) is 12.1 Å². The molecule has 4 aliphatic heterocycles. The summed E-state index contributed by atoms with van der Waals surface area (Å²) in [5.74, 6) is 1.15. The molecule has 9 nitrogen and oxygen atoms in total. The number of ether oxygens (including phenoxy) is 2. The molecule has 2 atom stereocenters. The molecule has 0 unspecified atom stereocenters. The van der Waals surface area contributed by atoms with Crippen LogP contribution in [0.5, 0.6) is 11.5 Å². The van der Waals surface area contributed by atoms with Crippen molar-refractivity contribution in [1.82, 2.24) is 19.3 Å². The second-order valence-electron chi connectivity index (χ2n) is 10.3. The maximum atomic E-state index is 13.9. The van der Waals surface area contributed by atoms with Gasteiger partial charge in [0.1, 0.15) is 5.41 Å². The van der Waals surface area contributed by atoms with Gasteiger partial charge in [0.15, 0.2) is 16.6 Å². The van der Waals surface area contributed by atoms with Crippen molar-refractivity contribution in [3.05, 3.63) is 58.0 Å². The normalized spacial score (nSPS) is 24.8. The Kier molecular flexibility index (Phi) is 5.42. The molecule has 6 rings (SSSR count). The van der Waals surface area contributed by atoms with E-state index in [1.54, 1.807) is 20.2 Å². The van der Waals surface area contributed by atoms with Crippen molar-refractivity contribution >= 4 is 29.1 Å². The van der Waals surface area contributed by atoms with E-state index in [9.17, 15) is 14.4 Å². The zero-order chi connectivity index (χ0) is 25.2. The summed E-state index contributed by atoms with van der Waals surface area (Å²) < 4.78 is 12.9. The van der Waals surface area contributed by atoms with Gasteiger partial charge in [-0.05, 0) is 54.7 Å². The number of carbonyl (C=O) groups excluding carboxylic acids is 2. The minimum Gasteiger partial charge on any atom is -0.454 e. The molecular weight excluding hydrogens is 480 g/mol. The molecule has 2 amide bonds. The van der Waals surface area contributed by atoms with Crippen molar-refractivity contribution in [2.45, 2.75) is 25.3 Å². The number of hydrogen-bond donors (Lipinski definition) is 0.